The highest BCUT2D eigenvalue weighted by Crippen LogP contribution is 2.30. The van der Waals surface area contributed by atoms with Crippen LogP contribution in [0.15, 0.2) is 24.3 Å². The Bertz CT molecular complexity index is 677. The van der Waals surface area contributed by atoms with Gasteiger partial charge in [0, 0.05) is 19.0 Å². The first-order chi connectivity index (χ1) is 12.8. The second-order valence-electron chi connectivity index (χ2n) is 7.98. The van der Waals surface area contributed by atoms with E-state index in [4.69, 9.17) is 14.2 Å². The molecule has 7 nitrogen and oxygen atoms in total. The summed E-state index contributed by atoms with van der Waals surface area (Å²) in [6.45, 7) is 7.42. The molecule has 0 saturated carbocycles. The van der Waals surface area contributed by atoms with E-state index >= 15 is 0 Å². The summed E-state index contributed by atoms with van der Waals surface area (Å²) in [5.41, 5.74) is -0.508. The Morgan fingerprint density at radius 1 is 1.19 bits per heavy atom. The first-order valence-corrected chi connectivity index (χ1v) is 9.46. The highest BCUT2D eigenvalue weighted by Gasteiger charge is 2.30. The van der Waals surface area contributed by atoms with Gasteiger partial charge in [0.1, 0.15) is 18.3 Å². The van der Waals surface area contributed by atoms with Crippen molar-refractivity contribution in [3.8, 4) is 11.5 Å². The van der Waals surface area contributed by atoms with Crippen molar-refractivity contribution >= 4 is 12.0 Å². The van der Waals surface area contributed by atoms with Crippen LogP contribution in [-0.2, 0) is 9.53 Å². The van der Waals surface area contributed by atoms with Gasteiger partial charge >= 0.3 is 6.09 Å². The maximum absolute atomic E-state index is 12.4. The van der Waals surface area contributed by atoms with Gasteiger partial charge in [0.25, 0.3) is 0 Å². The first kappa shape index (κ1) is 19.3. The van der Waals surface area contributed by atoms with Crippen molar-refractivity contribution in [1.29, 1.82) is 0 Å². The molecule has 0 aliphatic carbocycles. The van der Waals surface area contributed by atoms with Gasteiger partial charge in [-0.05, 0) is 45.7 Å². The van der Waals surface area contributed by atoms with Crippen molar-refractivity contribution in [2.45, 2.75) is 45.3 Å². The number of amides is 2. The number of hydrogen-bond acceptors (Lipinski definition) is 5. The van der Waals surface area contributed by atoms with Crippen molar-refractivity contribution in [1.82, 2.24) is 10.2 Å². The van der Waals surface area contributed by atoms with Gasteiger partial charge in [0.15, 0.2) is 11.5 Å². The van der Waals surface area contributed by atoms with Crippen LogP contribution in [0.25, 0.3) is 0 Å². The lowest BCUT2D eigenvalue weighted by atomic mass is 9.96. The second-order valence-corrected chi connectivity index (χ2v) is 7.98. The van der Waals surface area contributed by atoms with Gasteiger partial charge in [-0.1, -0.05) is 12.1 Å². The molecule has 1 unspecified atom stereocenters. The Balaban J connectivity index is 1.41. The first-order valence-electron chi connectivity index (χ1n) is 9.46. The number of piperidine rings is 1. The molecule has 7 heteroatoms. The van der Waals surface area contributed by atoms with Gasteiger partial charge in [-0.3, -0.25) is 4.79 Å². The minimum absolute atomic E-state index is 0.00120. The molecule has 3 rings (SSSR count). The number of hydrogen-bond donors (Lipinski definition) is 1. The molecule has 1 aromatic carbocycles. The van der Waals surface area contributed by atoms with Crippen molar-refractivity contribution in [3.63, 3.8) is 0 Å². The number of nitrogens with zero attached hydrogens (tertiary/aromatic N) is 1. The number of rotatable bonds is 3. The largest absolute Gasteiger partial charge is 0.486 e. The number of carbonyl (C=O) groups excluding carboxylic acids is 2. The maximum Gasteiger partial charge on any atom is 0.410 e. The normalized spacial score (nSPS) is 20.1. The SMILES string of the molecule is CC(C)(C)OC(=O)N1CCC(C(=O)NCC2COc3ccccc3O2)CC1. The number of para-hydroxylation sites is 2. The smallest absolute Gasteiger partial charge is 0.410 e. The maximum atomic E-state index is 12.4. The third-order valence-corrected chi connectivity index (χ3v) is 4.59. The van der Waals surface area contributed by atoms with Crippen LogP contribution in [0.2, 0.25) is 0 Å². The van der Waals surface area contributed by atoms with Crippen LogP contribution in [0, 0.1) is 5.92 Å². The molecule has 1 aromatic rings. The highest BCUT2D eigenvalue weighted by atomic mass is 16.6. The van der Waals surface area contributed by atoms with E-state index in [2.05, 4.69) is 5.32 Å². The van der Waals surface area contributed by atoms with Crippen LogP contribution >= 0.6 is 0 Å². The Hall–Kier alpha value is -2.44. The van der Waals surface area contributed by atoms with Crippen LogP contribution in [0.5, 0.6) is 11.5 Å². The molecule has 2 aliphatic rings. The average Bonchev–Trinajstić information content (AvgIpc) is 2.64. The fraction of sp³-hybridized carbons (Fsp3) is 0.600. The van der Waals surface area contributed by atoms with Crippen molar-refractivity contribution in [3.05, 3.63) is 24.3 Å². The molecule has 1 fully saturated rings. The molecular formula is C20H28N2O5. The molecule has 0 spiro atoms. The molecule has 148 valence electrons. The summed E-state index contributed by atoms with van der Waals surface area (Å²) in [6.07, 6.45) is 0.754. The summed E-state index contributed by atoms with van der Waals surface area (Å²) < 4.78 is 16.9. The average molecular weight is 376 g/mol. The highest BCUT2D eigenvalue weighted by molar-refractivity contribution is 5.79. The van der Waals surface area contributed by atoms with E-state index in [1.54, 1.807) is 4.90 Å². The molecular weight excluding hydrogens is 348 g/mol. The minimum atomic E-state index is -0.508. The molecule has 1 N–H and O–H groups in total. The molecule has 0 aromatic heterocycles. The van der Waals surface area contributed by atoms with Gasteiger partial charge in [0.05, 0.1) is 6.54 Å². The van der Waals surface area contributed by atoms with Crippen LogP contribution in [-0.4, -0.2) is 54.8 Å². The van der Waals surface area contributed by atoms with Crippen LogP contribution in [0.4, 0.5) is 4.79 Å². The monoisotopic (exact) mass is 376 g/mol. The van der Waals surface area contributed by atoms with Crippen LogP contribution < -0.4 is 14.8 Å². The third-order valence-electron chi connectivity index (χ3n) is 4.59. The number of likely N-dealkylation sites (tertiary alicyclic amines) is 1. The summed E-state index contributed by atoms with van der Waals surface area (Å²) in [6, 6.07) is 7.51. The standard InChI is InChI=1S/C20H28N2O5/c1-20(2,3)27-19(24)22-10-8-14(9-11-22)18(23)21-12-15-13-25-16-6-4-5-7-17(16)26-15/h4-7,14-15H,8-13H2,1-3H3,(H,21,23). The zero-order valence-electron chi connectivity index (χ0n) is 16.2. The summed E-state index contributed by atoms with van der Waals surface area (Å²) in [5.74, 6) is 1.34. The lowest BCUT2D eigenvalue weighted by molar-refractivity contribution is -0.127. The van der Waals surface area contributed by atoms with Gasteiger partial charge in [0.2, 0.25) is 5.91 Å². The predicted molar refractivity (Wildman–Crippen MR) is 99.9 cm³/mol. The van der Waals surface area contributed by atoms with E-state index in [1.807, 2.05) is 45.0 Å². The number of benzene rings is 1. The van der Waals surface area contributed by atoms with Crippen LogP contribution in [0.1, 0.15) is 33.6 Å². The lowest BCUT2D eigenvalue weighted by Crippen LogP contribution is -2.47. The summed E-state index contributed by atoms with van der Waals surface area (Å²) in [7, 11) is 0. The number of nitrogens with one attached hydrogen (secondary N) is 1. The molecule has 0 radical (unpaired) electrons. The van der Waals surface area contributed by atoms with Gasteiger partial charge < -0.3 is 24.4 Å². The lowest BCUT2D eigenvalue weighted by Gasteiger charge is -2.33. The quantitative estimate of drug-likeness (QED) is 0.877. The topological polar surface area (TPSA) is 77.1 Å². The number of fused-ring (bicyclic) bond motifs is 1. The van der Waals surface area contributed by atoms with E-state index in [-0.39, 0.29) is 24.0 Å². The molecule has 1 saturated heterocycles. The zero-order chi connectivity index (χ0) is 19.4. The van der Waals surface area contributed by atoms with Gasteiger partial charge in [-0.15, -0.1) is 0 Å². The van der Waals surface area contributed by atoms with E-state index in [0.29, 0.717) is 44.8 Å². The molecule has 2 amide bonds. The Morgan fingerprint density at radius 3 is 2.52 bits per heavy atom. The Labute approximate surface area is 160 Å². The molecule has 27 heavy (non-hydrogen) atoms. The zero-order valence-corrected chi connectivity index (χ0v) is 16.2. The second kappa shape index (κ2) is 8.06. The van der Waals surface area contributed by atoms with Crippen molar-refractivity contribution in [2.24, 2.45) is 5.92 Å². The third kappa shape index (κ3) is 5.28. The summed E-state index contributed by atoms with van der Waals surface area (Å²) in [4.78, 5) is 26.2. The number of ether oxygens (including phenoxy) is 3. The Kier molecular flexibility index (Phi) is 5.77. The predicted octanol–water partition coefficient (Wildman–Crippen LogP) is 2.59. The Morgan fingerprint density at radius 2 is 1.85 bits per heavy atom. The fourth-order valence-electron chi connectivity index (χ4n) is 3.17. The summed E-state index contributed by atoms with van der Waals surface area (Å²) >= 11 is 0. The molecule has 2 aliphatic heterocycles. The van der Waals surface area contributed by atoms with E-state index in [1.165, 1.54) is 0 Å². The fourth-order valence-corrected chi connectivity index (χ4v) is 3.17. The van der Waals surface area contributed by atoms with Gasteiger partial charge in [-0.25, -0.2) is 4.79 Å². The molecule has 1 atom stereocenters. The molecule has 2 heterocycles. The summed E-state index contributed by atoms with van der Waals surface area (Å²) in [5, 5.41) is 2.96. The molecule has 0 bridgehead atoms. The number of carbonyl (C=O) groups is 2. The van der Waals surface area contributed by atoms with E-state index < -0.39 is 5.60 Å². The van der Waals surface area contributed by atoms with Gasteiger partial charge in [-0.2, -0.15) is 0 Å². The van der Waals surface area contributed by atoms with E-state index in [0.717, 1.165) is 5.75 Å². The van der Waals surface area contributed by atoms with Crippen molar-refractivity contribution in [2.75, 3.05) is 26.2 Å². The van der Waals surface area contributed by atoms with E-state index in [9.17, 15) is 9.59 Å². The van der Waals surface area contributed by atoms with Crippen LogP contribution in [0.3, 0.4) is 0 Å². The van der Waals surface area contributed by atoms with Crippen molar-refractivity contribution < 1.29 is 23.8 Å². The minimum Gasteiger partial charge on any atom is -0.486 e.